The van der Waals surface area contributed by atoms with Crippen LogP contribution in [0.2, 0.25) is 0 Å². The molecule has 1 amide bonds. The summed E-state index contributed by atoms with van der Waals surface area (Å²) >= 11 is 1.54. The van der Waals surface area contributed by atoms with Gasteiger partial charge in [0.1, 0.15) is 5.76 Å². The Balaban J connectivity index is 1.47. The van der Waals surface area contributed by atoms with Gasteiger partial charge in [-0.1, -0.05) is 72.4 Å². The van der Waals surface area contributed by atoms with Gasteiger partial charge in [0.05, 0.1) is 11.5 Å². The monoisotopic (exact) mass is 416 g/mol. The Morgan fingerprint density at radius 3 is 2.30 bits per heavy atom. The van der Waals surface area contributed by atoms with Crippen LogP contribution in [0.1, 0.15) is 27.4 Å². The van der Waals surface area contributed by atoms with Gasteiger partial charge in [0, 0.05) is 30.6 Å². The van der Waals surface area contributed by atoms with E-state index in [1.54, 1.807) is 30.1 Å². The summed E-state index contributed by atoms with van der Waals surface area (Å²) in [5, 5.41) is 5.27. The van der Waals surface area contributed by atoms with Crippen molar-refractivity contribution < 1.29 is 9.21 Å². The Bertz CT molecular complexity index is 1110. The van der Waals surface area contributed by atoms with Gasteiger partial charge in [0.2, 0.25) is 0 Å². The van der Waals surface area contributed by atoms with E-state index in [2.05, 4.69) is 15.5 Å². The molecule has 0 aliphatic carbocycles. The van der Waals surface area contributed by atoms with E-state index in [4.69, 9.17) is 4.42 Å². The highest BCUT2D eigenvalue weighted by atomic mass is 32.2. The second-order valence-electron chi connectivity index (χ2n) is 6.51. The number of furan rings is 1. The summed E-state index contributed by atoms with van der Waals surface area (Å²) in [4.78, 5) is 16.8. The van der Waals surface area contributed by atoms with Gasteiger partial charge in [-0.2, -0.15) is 5.10 Å². The number of thioether (sulfide) groups is 1. The number of aryl methyl sites for hydroxylation is 1. The molecule has 0 saturated carbocycles. The summed E-state index contributed by atoms with van der Waals surface area (Å²) in [6.07, 6.45) is 3.64. The van der Waals surface area contributed by atoms with E-state index in [9.17, 15) is 4.79 Å². The minimum atomic E-state index is -0.396. The first-order valence-corrected chi connectivity index (χ1v) is 10.4. The zero-order chi connectivity index (χ0) is 20.8. The maximum atomic E-state index is 12.6. The van der Waals surface area contributed by atoms with Crippen LogP contribution in [0.5, 0.6) is 0 Å². The van der Waals surface area contributed by atoms with Crippen molar-refractivity contribution in [1.82, 2.24) is 15.0 Å². The molecular formula is C23H20N4O2S. The number of amides is 1. The molecule has 30 heavy (non-hydrogen) atoms. The highest BCUT2D eigenvalue weighted by molar-refractivity contribution is 7.98. The smallest absolute Gasteiger partial charge is 0.307 e. The molecule has 0 aliphatic rings. The molecule has 0 bridgehead atoms. The first-order chi connectivity index (χ1) is 14.7. The fourth-order valence-corrected chi connectivity index (χ4v) is 3.68. The normalized spacial score (nSPS) is 10.6. The predicted octanol–water partition coefficient (Wildman–Crippen LogP) is 4.49. The molecule has 150 valence electrons. The van der Waals surface area contributed by atoms with Gasteiger partial charge < -0.3 is 8.98 Å². The van der Waals surface area contributed by atoms with Crippen molar-refractivity contribution in [2.24, 2.45) is 12.1 Å². The van der Waals surface area contributed by atoms with E-state index in [0.29, 0.717) is 17.2 Å². The molecule has 0 fully saturated rings. The second kappa shape index (κ2) is 9.28. The molecule has 0 saturated heterocycles. The molecule has 2 aromatic heterocycles. The average Bonchev–Trinajstić information content (AvgIpc) is 3.43. The average molecular weight is 417 g/mol. The Morgan fingerprint density at radius 1 is 1.03 bits per heavy atom. The lowest BCUT2D eigenvalue weighted by Crippen LogP contribution is -2.20. The Morgan fingerprint density at radius 2 is 1.70 bits per heavy atom. The molecule has 7 heteroatoms. The van der Waals surface area contributed by atoms with Crippen LogP contribution in [0.25, 0.3) is 0 Å². The van der Waals surface area contributed by atoms with Crippen molar-refractivity contribution in [3.05, 3.63) is 108 Å². The standard InChI is InChI=1S/C23H20N4O2S/c1-27-15-14-24-23(27)30-16-19-12-13-20(29-19)22(28)26-25-21(17-8-4-2-5-9-17)18-10-6-3-7-11-18/h2-15H,16H2,1H3,(H,26,28). The number of nitrogens with zero attached hydrogens (tertiary/aromatic N) is 3. The summed E-state index contributed by atoms with van der Waals surface area (Å²) < 4.78 is 7.62. The lowest BCUT2D eigenvalue weighted by Gasteiger charge is -2.07. The van der Waals surface area contributed by atoms with E-state index in [1.807, 2.05) is 78.5 Å². The Kier molecular flexibility index (Phi) is 6.10. The van der Waals surface area contributed by atoms with Gasteiger partial charge in [-0.15, -0.1) is 0 Å². The highest BCUT2D eigenvalue weighted by Gasteiger charge is 2.13. The Labute approximate surface area is 178 Å². The fourth-order valence-electron chi connectivity index (χ4n) is 2.85. The fraction of sp³-hybridized carbons (Fsp3) is 0.0870. The van der Waals surface area contributed by atoms with Crippen molar-refractivity contribution in [1.29, 1.82) is 0 Å². The number of hydrogen-bond acceptors (Lipinski definition) is 5. The number of rotatable bonds is 7. The molecule has 4 rings (SSSR count). The van der Waals surface area contributed by atoms with Gasteiger partial charge >= 0.3 is 5.91 Å². The summed E-state index contributed by atoms with van der Waals surface area (Å²) in [6, 6.07) is 22.9. The van der Waals surface area contributed by atoms with Crippen molar-refractivity contribution in [2.45, 2.75) is 10.9 Å². The molecule has 0 spiro atoms. The predicted molar refractivity (Wildman–Crippen MR) is 117 cm³/mol. The topological polar surface area (TPSA) is 72.4 Å². The van der Waals surface area contributed by atoms with E-state index in [1.165, 1.54) is 0 Å². The molecule has 2 aromatic carbocycles. The second-order valence-corrected chi connectivity index (χ2v) is 7.45. The van der Waals surface area contributed by atoms with Crippen LogP contribution in [0.3, 0.4) is 0 Å². The zero-order valence-electron chi connectivity index (χ0n) is 16.4. The van der Waals surface area contributed by atoms with Crippen molar-refractivity contribution in [3.63, 3.8) is 0 Å². The third-order valence-corrected chi connectivity index (χ3v) is 5.45. The maximum Gasteiger partial charge on any atom is 0.307 e. The van der Waals surface area contributed by atoms with Gasteiger partial charge in [-0.25, -0.2) is 10.4 Å². The number of carbonyl (C=O) groups is 1. The van der Waals surface area contributed by atoms with Gasteiger partial charge in [-0.05, 0) is 12.1 Å². The van der Waals surface area contributed by atoms with Crippen molar-refractivity contribution in [3.8, 4) is 0 Å². The minimum absolute atomic E-state index is 0.217. The lowest BCUT2D eigenvalue weighted by molar-refractivity contribution is 0.0926. The number of nitrogens with one attached hydrogen (secondary N) is 1. The minimum Gasteiger partial charge on any atom is -0.455 e. The van der Waals surface area contributed by atoms with Crippen molar-refractivity contribution in [2.75, 3.05) is 0 Å². The van der Waals surface area contributed by atoms with E-state index in [-0.39, 0.29) is 5.76 Å². The molecule has 2 heterocycles. The molecular weight excluding hydrogens is 396 g/mol. The van der Waals surface area contributed by atoms with E-state index < -0.39 is 5.91 Å². The van der Waals surface area contributed by atoms with E-state index >= 15 is 0 Å². The first kappa shape index (κ1) is 19.7. The molecule has 0 radical (unpaired) electrons. The van der Waals surface area contributed by atoms with Crippen LogP contribution in [-0.2, 0) is 12.8 Å². The third kappa shape index (κ3) is 4.69. The van der Waals surface area contributed by atoms with E-state index in [0.717, 1.165) is 16.3 Å². The SMILES string of the molecule is Cn1ccnc1SCc1ccc(C(=O)NN=C(c2ccccc2)c2ccccc2)o1. The van der Waals surface area contributed by atoms with Gasteiger partial charge in [0.15, 0.2) is 10.9 Å². The Hall–Kier alpha value is -3.58. The van der Waals surface area contributed by atoms with Gasteiger partial charge in [0.25, 0.3) is 0 Å². The molecule has 0 unspecified atom stereocenters. The number of imidazole rings is 1. The largest absolute Gasteiger partial charge is 0.455 e. The number of hydrazone groups is 1. The number of benzene rings is 2. The molecule has 0 atom stereocenters. The van der Waals surface area contributed by atoms with Crippen LogP contribution < -0.4 is 5.43 Å². The van der Waals surface area contributed by atoms with Crippen LogP contribution in [-0.4, -0.2) is 21.2 Å². The van der Waals surface area contributed by atoms with Crippen LogP contribution in [0.15, 0.2) is 99.9 Å². The van der Waals surface area contributed by atoms with Crippen LogP contribution >= 0.6 is 11.8 Å². The lowest BCUT2D eigenvalue weighted by atomic mass is 10.0. The molecule has 1 N–H and O–H groups in total. The number of carbonyl (C=O) groups excluding carboxylic acids is 1. The summed E-state index contributed by atoms with van der Waals surface area (Å²) in [5.41, 5.74) is 5.13. The van der Waals surface area contributed by atoms with Crippen molar-refractivity contribution >= 4 is 23.4 Å². The molecule has 4 aromatic rings. The number of hydrogen-bond donors (Lipinski definition) is 1. The first-order valence-electron chi connectivity index (χ1n) is 9.38. The molecule has 0 aliphatic heterocycles. The van der Waals surface area contributed by atoms with Gasteiger partial charge in [-0.3, -0.25) is 4.79 Å². The summed E-state index contributed by atoms with van der Waals surface area (Å²) in [6.45, 7) is 0. The summed E-state index contributed by atoms with van der Waals surface area (Å²) in [5.74, 6) is 1.10. The van der Waals surface area contributed by atoms with Crippen LogP contribution in [0.4, 0.5) is 0 Å². The maximum absolute atomic E-state index is 12.6. The molecule has 6 nitrogen and oxygen atoms in total. The quantitative estimate of drug-likeness (QED) is 0.274. The highest BCUT2D eigenvalue weighted by Crippen LogP contribution is 2.22. The third-order valence-electron chi connectivity index (χ3n) is 4.37. The summed E-state index contributed by atoms with van der Waals surface area (Å²) in [7, 11) is 1.94. The van der Waals surface area contributed by atoms with Crippen LogP contribution in [0, 0.1) is 0 Å². The number of aromatic nitrogens is 2. The zero-order valence-corrected chi connectivity index (χ0v) is 17.2.